The van der Waals surface area contributed by atoms with Gasteiger partial charge in [0.15, 0.2) is 0 Å². The zero-order valence-electron chi connectivity index (χ0n) is 19.6. The Hall–Kier alpha value is -3.96. The molecule has 0 saturated carbocycles. The third kappa shape index (κ3) is 2.30. The van der Waals surface area contributed by atoms with Crippen molar-refractivity contribution in [3.8, 4) is 23.0 Å². The Morgan fingerprint density at radius 2 is 1.44 bits per heavy atom. The first kappa shape index (κ1) is 19.3. The summed E-state index contributed by atoms with van der Waals surface area (Å²) in [7, 11) is 0. The van der Waals surface area contributed by atoms with Gasteiger partial charge in [-0.05, 0) is 94.9 Å². The van der Waals surface area contributed by atoms with E-state index in [9.17, 15) is 0 Å². The lowest BCUT2D eigenvalue weighted by Crippen LogP contribution is -2.61. The van der Waals surface area contributed by atoms with E-state index in [0.29, 0.717) is 5.92 Å². The molecule has 0 fully saturated rings. The maximum absolute atomic E-state index is 6.47. The third-order valence-corrected chi connectivity index (χ3v) is 9.30. The van der Waals surface area contributed by atoms with Crippen molar-refractivity contribution >= 4 is 67.7 Å². The van der Waals surface area contributed by atoms with Crippen molar-refractivity contribution < 1.29 is 9.47 Å². The normalized spacial score (nSPS) is 17.4. The van der Waals surface area contributed by atoms with Gasteiger partial charge in [0, 0.05) is 32.1 Å². The van der Waals surface area contributed by atoms with Crippen molar-refractivity contribution in [2.45, 2.75) is 19.3 Å². The summed E-state index contributed by atoms with van der Waals surface area (Å²) in [6, 6.07) is 26.0. The largest absolute Gasteiger partial charge is 0.458 e. The molecule has 0 radical (unpaired) electrons. The van der Waals surface area contributed by atoms with Crippen LogP contribution in [0.15, 0.2) is 78.9 Å². The van der Waals surface area contributed by atoms with Crippen LogP contribution >= 0.6 is 11.3 Å². The predicted octanol–water partition coefficient (Wildman–Crippen LogP) is 6.93. The number of ether oxygens (including phenoxy) is 2. The summed E-state index contributed by atoms with van der Waals surface area (Å²) in [4.78, 5) is 3.81. The minimum Gasteiger partial charge on any atom is -0.458 e. The van der Waals surface area contributed by atoms with Crippen LogP contribution < -0.4 is 30.8 Å². The highest BCUT2D eigenvalue weighted by Crippen LogP contribution is 2.47. The number of anilines is 3. The van der Waals surface area contributed by atoms with Crippen molar-refractivity contribution in [3.05, 3.63) is 89.3 Å². The van der Waals surface area contributed by atoms with E-state index in [4.69, 9.17) is 9.47 Å². The Morgan fingerprint density at radius 1 is 0.806 bits per heavy atom. The first-order valence-electron chi connectivity index (χ1n) is 12.5. The Morgan fingerprint density at radius 3 is 2.14 bits per heavy atom. The number of allylic oxidation sites excluding steroid dienone is 1. The maximum Gasteiger partial charge on any atom is 0.266 e. The molecule has 1 aliphatic carbocycles. The van der Waals surface area contributed by atoms with Gasteiger partial charge in [0.05, 0.1) is 0 Å². The number of hydrogen-bond acceptors (Lipinski definition) is 4. The second kappa shape index (κ2) is 6.62. The lowest BCUT2D eigenvalue weighted by Gasteiger charge is -2.42. The molecule has 5 heteroatoms. The van der Waals surface area contributed by atoms with Gasteiger partial charge in [-0.25, -0.2) is 0 Å². The van der Waals surface area contributed by atoms with Gasteiger partial charge >= 0.3 is 0 Å². The second-order valence-electron chi connectivity index (χ2n) is 10.1. The van der Waals surface area contributed by atoms with E-state index in [1.807, 2.05) is 17.4 Å². The Labute approximate surface area is 213 Å². The van der Waals surface area contributed by atoms with Gasteiger partial charge in [-0.2, -0.15) is 0 Å². The molecule has 1 unspecified atom stereocenters. The van der Waals surface area contributed by atoms with Crippen molar-refractivity contribution in [1.82, 2.24) is 0 Å². The highest BCUT2D eigenvalue weighted by atomic mass is 32.1. The lowest BCUT2D eigenvalue weighted by atomic mass is 9.33. The van der Waals surface area contributed by atoms with E-state index in [0.717, 1.165) is 34.9 Å². The number of fused-ring (bicyclic) bond motifs is 3. The van der Waals surface area contributed by atoms with Crippen LogP contribution in [0.3, 0.4) is 0 Å². The van der Waals surface area contributed by atoms with E-state index in [2.05, 4.69) is 90.7 Å². The molecule has 4 heterocycles. The molecule has 0 bridgehead atoms. The van der Waals surface area contributed by atoms with Crippen LogP contribution in [-0.4, -0.2) is 6.71 Å². The Balaban J connectivity index is 1.34. The summed E-state index contributed by atoms with van der Waals surface area (Å²) in [5, 5.41) is 1.38. The number of nitrogens with zero attached hydrogens (tertiary/aromatic N) is 1. The molecule has 0 N–H and O–H groups in total. The zero-order valence-corrected chi connectivity index (χ0v) is 20.4. The van der Waals surface area contributed by atoms with Gasteiger partial charge in [0.1, 0.15) is 23.0 Å². The summed E-state index contributed by atoms with van der Waals surface area (Å²) < 4.78 is 14.3. The third-order valence-electron chi connectivity index (χ3n) is 8.15. The molecule has 0 saturated heterocycles. The van der Waals surface area contributed by atoms with E-state index >= 15 is 0 Å². The first-order valence-corrected chi connectivity index (χ1v) is 13.4. The first-order chi connectivity index (χ1) is 17.8. The summed E-state index contributed by atoms with van der Waals surface area (Å²) >= 11 is 1.90. The highest BCUT2D eigenvalue weighted by molar-refractivity contribution is 7.20. The molecular weight excluding hydrogens is 461 g/mol. The smallest absolute Gasteiger partial charge is 0.266 e. The van der Waals surface area contributed by atoms with E-state index in [1.165, 1.54) is 48.5 Å². The number of hydrogen-bond donors (Lipinski definition) is 0. The molecular formula is C31H20BNO2S. The van der Waals surface area contributed by atoms with Crippen LogP contribution in [0.1, 0.15) is 29.7 Å². The van der Waals surface area contributed by atoms with Crippen molar-refractivity contribution in [1.29, 1.82) is 0 Å². The minimum atomic E-state index is 0.107. The molecule has 3 nitrogen and oxygen atoms in total. The summed E-state index contributed by atoms with van der Waals surface area (Å²) in [5.74, 6) is 4.18. The van der Waals surface area contributed by atoms with Crippen LogP contribution in [-0.2, 0) is 0 Å². The fourth-order valence-electron chi connectivity index (χ4n) is 6.67. The average Bonchev–Trinajstić information content (AvgIpc) is 3.28. The topological polar surface area (TPSA) is 21.7 Å². The van der Waals surface area contributed by atoms with Crippen LogP contribution in [0, 0.1) is 0 Å². The number of benzene rings is 4. The fraction of sp³-hybridized carbons (Fsp3) is 0.0968. The van der Waals surface area contributed by atoms with Gasteiger partial charge in [-0.1, -0.05) is 31.2 Å². The van der Waals surface area contributed by atoms with Crippen LogP contribution in [0.4, 0.5) is 17.1 Å². The molecule has 5 aromatic rings. The van der Waals surface area contributed by atoms with Crippen molar-refractivity contribution in [2.24, 2.45) is 0 Å². The predicted molar refractivity (Wildman–Crippen MR) is 150 cm³/mol. The van der Waals surface area contributed by atoms with Gasteiger partial charge in [0.25, 0.3) is 6.71 Å². The average molecular weight is 481 g/mol. The standard InChI is InChI=1S/C31H20BNO2S/c1-17-6-2-13-27-28(17)19-16-18(14-15-26(19)36-27)33-20-7-3-9-22-29(20)32-30-21(33)8-4-10-23(30)35-25-12-5-11-24(34-22)31(25)32/h2-5,7-17H,6H2,1H3. The lowest BCUT2D eigenvalue weighted by molar-refractivity contribution is 0.464. The molecule has 0 spiro atoms. The molecule has 4 aromatic carbocycles. The Bertz CT molecular complexity index is 1740. The molecule has 1 atom stereocenters. The van der Waals surface area contributed by atoms with Crippen molar-refractivity contribution in [2.75, 3.05) is 4.90 Å². The van der Waals surface area contributed by atoms with E-state index in [1.54, 1.807) is 0 Å². The summed E-state index contributed by atoms with van der Waals surface area (Å²) in [5.41, 5.74) is 8.62. The van der Waals surface area contributed by atoms with Gasteiger partial charge in [-0.3, -0.25) is 0 Å². The second-order valence-corrected chi connectivity index (χ2v) is 11.2. The molecule has 3 aliphatic heterocycles. The highest BCUT2D eigenvalue weighted by Gasteiger charge is 2.47. The quantitative estimate of drug-likeness (QED) is 0.237. The SMILES string of the molecule is CC1CC=Cc2sc3ccc(N4c5cccc6c5B5c7c(cccc7Oc7cccc4c75)O6)cc3c21. The number of thiophene rings is 1. The summed E-state index contributed by atoms with van der Waals surface area (Å²) in [6.45, 7) is 2.45. The zero-order chi connectivity index (χ0) is 23.5. The Kier molecular flexibility index (Phi) is 3.54. The maximum atomic E-state index is 6.47. The summed E-state index contributed by atoms with van der Waals surface area (Å²) in [6.07, 6.45) is 5.71. The molecule has 1 aromatic heterocycles. The minimum absolute atomic E-state index is 0.107. The van der Waals surface area contributed by atoms with Gasteiger partial charge in [-0.15, -0.1) is 11.3 Å². The molecule has 4 aliphatic rings. The van der Waals surface area contributed by atoms with Gasteiger partial charge in [0.2, 0.25) is 0 Å². The van der Waals surface area contributed by atoms with Crippen LogP contribution in [0.2, 0.25) is 0 Å². The monoisotopic (exact) mass is 481 g/mol. The van der Waals surface area contributed by atoms with E-state index < -0.39 is 0 Å². The molecule has 0 amide bonds. The van der Waals surface area contributed by atoms with Crippen LogP contribution in [0.25, 0.3) is 16.2 Å². The van der Waals surface area contributed by atoms with Gasteiger partial charge < -0.3 is 14.4 Å². The number of rotatable bonds is 1. The van der Waals surface area contributed by atoms with Crippen molar-refractivity contribution in [3.63, 3.8) is 0 Å². The molecule has 9 rings (SSSR count). The molecule has 36 heavy (non-hydrogen) atoms. The molecule has 170 valence electrons. The van der Waals surface area contributed by atoms with Crippen LogP contribution in [0.5, 0.6) is 23.0 Å². The van der Waals surface area contributed by atoms with E-state index in [-0.39, 0.29) is 6.71 Å². The fourth-order valence-corrected chi connectivity index (χ4v) is 7.91.